The maximum absolute atomic E-state index is 12.5. The molecule has 126 valence electrons. The Morgan fingerprint density at radius 2 is 1.79 bits per heavy atom. The zero-order chi connectivity index (χ0) is 17.2. The highest BCUT2D eigenvalue weighted by molar-refractivity contribution is 6.31. The van der Waals surface area contributed by atoms with Crippen molar-refractivity contribution in [2.45, 2.75) is 31.7 Å². The monoisotopic (exact) mass is 342 g/mol. The number of rotatable bonds is 3. The molecule has 0 radical (unpaired) electrons. The molecular weight excluding hydrogens is 320 g/mol. The van der Waals surface area contributed by atoms with E-state index in [1.165, 1.54) is 0 Å². The molecule has 0 saturated carbocycles. The molecule has 0 bridgehead atoms. The van der Waals surface area contributed by atoms with Crippen molar-refractivity contribution < 1.29 is 4.79 Å². The Morgan fingerprint density at radius 3 is 2.46 bits per heavy atom. The van der Waals surface area contributed by atoms with Crippen LogP contribution in [0.15, 0.2) is 48.5 Å². The van der Waals surface area contributed by atoms with Gasteiger partial charge in [-0.3, -0.25) is 4.79 Å². The Hall–Kier alpha value is -1.84. The molecule has 24 heavy (non-hydrogen) atoms. The number of halogens is 1. The summed E-state index contributed by atoms with van der Waals surface area (Å²) >= 11 is 6.24. The standard InChI is InChI=1S/C20H23ClN2O/c1-15-17(8-5-9-18(15)21)20(22)10-12-23(13-11-20)19(24)14-16-6-3-2-4-7-16/h2-9H,10-14,22H2,1H3. The van der Waals surface area contributed by atoms with Crippen molar-refractivity contribution in [1.29, 1.82) is 0 Å². The van der Waals surface area contributed by atoms with Gasteiger partial charge in [-0.05, 0) is 42.5 Å². The van der Waals surface area contributed by atoms with Crippen molar-refractivity contribution in [1.82, 2.24) is 4.90 Å². The predicted octanol–water partition coefficient (Wildman–Crippen LogP) is 3.67. The Balaban J connectivity index is 1.67. The van der Waals surface area contributed by atoms with Crippen LogP contribution in [-0.2, 0) is 16.8 Å². The number of carbonyl (C=O) groups is 1. The molecule has 2 aromatic rings. The molecule has 3 nitrogen and oxygen atoms in total. The second kappa shape index (κ2) is 6.96. The average molecular weight is 343 g/mol. The second-order valence-corrected chi connectivity index (χ2v) is 7.02. The van der Waals surface area contributed by atoms with Gasteiger partial charge in [0.25, 0.3) is 0 Å². The Bertz CT molecular complexity index is 722. The van der Waals surface area contributed by atoms with Crippen molar-refractivity contribution in [3.63, 3.8) is 0 Å². The normalized spacial score (nSPS) is 16.9. The van der Waals surface area contributed by atoms with Crippen LogP contribution in [0.4, 0.5) is 0 Å². The van der Waals surface area contributed by atoms with Crippen molar-refractivity contribution >= 4 is 17.5 Å². The van der Waals surface area contributed by atoms with Gasteiger partial charge in [0.1, 0.15) is 0 Å². The van der Waals surface area contributed by atoms with Crippen molar-refractivity contribution in [2.24, 2.45) is 5.73 Å². The fourth-order valence-corrected chi connectivity index (χ4v) is 3.63. The van der Waals surface area contributed by atoms with E-state index in [1.807, 2.05) is 54.3 Å². The number of nitrogens with zero attached hydrogens (tertiary/aromatic N) is 1. The van der Waals surface area contributed by atoms with Gasteiger partial charge >= 0.3 is 0 Å². The maximum Gasteiger partial charge on any atom is 0.226 e. The summed E-state index contributed by atoms with van der Waals surface area (Å²) in [6, 6.07) is 15.8. The lowest BCUT2D eigenvalue weighted by Crippen LogP contribution is -2.50. The summed E-state index contributed by atoms with van der Waals surface area (Å²) < 4.78 is 0. The number of hydrogen-bond donors (Lipinski definition) is 1. The van der Waals surface area contributed by atoms with Crippen LogP contribution < -0.4 is 5.73 Å². The highest BCUT2D eigenvalue weighted by Gasteiger charge is 2.35. The third kappa shape index (κ3) is 3.47. The highest BCUT2D eigenvalue weighted by Crippen LogP contribution is 2.34. The van der Waals surface area contributed by atoms with E-state index in [2.05, 4.69) is 6.07 Å². The van der Waals surface area contributed by atoms with Crippen LogP contribution in [0, 0.1) is 6.92 Å². The van der Waals surface area contributed by atoms with Crippen LogP contribution in [0.5, 0.6) is 0 Å². The fraction of sp³-hybridized carbons (Fsp3) is 0.350. The van der Waals surface area contributed by atoms with Crippen LogP contribution in [0.25, 0.3) is 0 Å². The highest BCUT2D eigenvalue weighted by atomic mass is 35.5. The maximum atomic E-state index is 12.5. The summed E-state index contributed by atoms with van der Waals surface area (Å²) in [6.45, 7) is 3.39. The molecule has 1 fully saturated rings. The molecule has 1 heterocycles. The third-order valence-electron chi connectivity index (χ3n) is 5.01. The van der Waals surface area contributed by atoms with Gasteiger partial charge in [0.15, 0.2) is 0 Å². The molecule has 1 aliphatic rings. The number of benzene rings is 2. The van der Waals surface area contributed by atoms with Gasteiger partial charge in [-0.25, -0.2) is 0 Å². The van der Waals surface area contributed by atoms with E-state index in [1.54, 1.807) is 0 Å². The molecule has 0 atom stereocenters. The van der Waals surface area contributed by atoms with Crippen LogP contribution in [0.3, 0.4) is 0 Å². The molecule has 3 rings (SSSR count). The Labute approximate surface area is 148 Å². The van der Waals surface area contributed by atoms with Crippen LogP contribution in [0.2, 0.25) is 5.02 Å². The number of carbonyl (C=O) groups excluding carboxylic acids is 1. The average Bonchev–Trinajstić information content (AvgIpc) is 2.58. The van der Waals surface area contributed by atoms with Gasteiger partial charge in [-0.2, -0.15) is 0 Å². The fourth-order valence-electron chi connectivity index (χ4n) is 3.45. The molecule has 1 saturated heterocycles. The van der Waals surface area contributed by atoms with E-state index >= 15 is 0 Å². The minimum absolute atomic E-state index is 0.172. The molecule has 4 heteroatoms. The molecule has 1 aliphatic heterocycles. The zero-order valence-corrected chi connectivity index (χ0v) is 14.7. The number of hydrogen-bond acceptors (Lipinski definition) is 2. The number of likely N-dealkylation sites (tertiary alicyclic amines) is 1. The van der Waals surface area contributed by atoms with E-state index in [-0.39, 0.29) is 5.91 Å². The first-order chi connectivity index (χ1) is 11.5. The van der Waals surface area contributed by atoms with Gasteiger partial charge in [0, 0.05) is 23.7 Å². The molecule has 0 aliphatic carbocycles. The summed E-state index contributed by atoms with van der Waals surface area (Å²) in [5.74, 6) is 0.172. The van der Waals surface area contributed by atoms with E-state index in [9.17, 15) is 4.79 Å². The summed E-state index contributed by atoms with van der Waals surface area (Å²) in [5.41, 5.74) is 9.47. The Morgan fingerprint density at radius 1 is 1.12 bits per heavy atom. The van der Waals surface area contributed by atoms with Gasteiger partial charge in [0.2, 0.25) is 5.91 Å². The summed E-state index contributed by atoms with van der Waals surface area (Å²) in [4.78, 5) is 14.4. The SMILES string of the molecule is Cc1c(Cl)cccc1C1(N)CCN(C(=O)Cc2ccccc2)CC1. The van der Waals surface area contributed by atoms with E-state index in [0.29, 0.717) is 19.5 Å². The summed E-state index contributed by atoms with van der Waals surface area (Å²) in [6.07, 6.45) is 1.97. The molecular formula is C20H23ClN2O. The predicted molar refractivity (Wildman–Crippen MR) is 98.0 cm³/mol. The zero-order valence-electron chi connectivity index (χ0n) is 14.0. The molecule has 2 N–H and O–H groups in total. The first kappa shape index (κ1) is 17.0. The lowest BCUT2D eigenvalue weighted by Gasteiger charge is -2.40. The lowest BCUT2D eigenvalue weighted by molar-refractivity contribution is -0.132. The summed E-state index contributed by atoms with van der Waals surface area (Å²) in [7, 11) is 0. The molecule has 0 unspecified atom stereocenters. The number of nitrogens with two attached hydrogens (primary N) is 1. The topological polar surface area (TPSA) is 46.3 Å². The number of amides is 1. The smallest absolute Gasteiger partial charge is 0.226 e. The van der Waals surface area contributed by atoms with Crippen molar-refractivity contribution in [3.8, 4) is 0 Å². The quantitative estimate of drug-likeness (QED) is 0.925. The van der Waals surface area contributed by atoms with E-state index < -0.39 is 5.54 Å². The molecule has 0 spiro atoms. The minimum atomic E-state index is -0.404. The van der Waals surface area contributed by atoms with Crippen LogP contribution >= 0.6 is 11.6 Å². The largest absolute Gasteiger partial charge is 0.342 e. The second-order valence-electron chi connectivity index (χ2n) is 6.61. The van der Waals surface area contributed by atoms with Crippen molar-refractivity contribution in [3.05, 3.63) is 70.2 Å². The molecule has 2 aromatic carbocycles. The first-order valence-electron chi connectivity index (χ1n) is 8.36. The van der Waals surface area contributed by atoms with Gasteiger partial charge in [-0.1, -0.05) is 54.1 Å². The third-order valence-corrected chi connectivity index (χ3v) is 5.42. The lowest BCUT2D eigenvalue weighted by atomic mass is 9.80. The molecule has 1 amide bonds. The summed E-state index contributed by atoms with van der Waals surface area (Å²) in [5, 5.41) is 0.750. The Kier molecular flexibility index (Phi) is 4.93. The first-order valence-corrected chi connectivity index (χ1v) is 8.73. The van der Waals surface area contributed by atoms with Gasteiger partial charge in [-0.15, -0.1) is 0 Å². The van der Waals surface area contributed by atoms with Crippen LogP contribution in [-0.4, -0.2) is 23.9 Å². The van der Waals surface area contributed by atoms with Gasteiger partial charge in [0.05, 0.1) is 6.42 Å². The molecule has 0 aromatic heterocycles. The van der Waals surface area contributed by atoms with Crippen LogP contribution in [0.1, 0.15) is 29.5 Å². The van der Waals surface area contributed by atoms with Gasteiger partial charge < -0.3 is 10.6 Å². The minimum Gasteiger partial charge on any atom is -0.342 e. The van der Waals surface area contributed by atoms with E-state index in [0.717, 1.165) is 34.6 Å². The van der Waals surface area contributed by atoms with Crippen molar-refractivity contribution in [2.75, 3.05) is 13.1 Å². The number of piperidine rings is 1. The van der Waals surface area contributed by atoms with E-state index in [4.69, 9.17) is 17.3 Å².